The first-order valence-electron chi connectivity index (χ1n) is 0. The maximum Gasteiger partial charge on any atom is 3.00 e. The molecule has 0 N–H and O–H groups in total. The van der Waals surface area contributed by atoms with Gasteiger partial charge < -0.3 is 18.5 Å². The second-order valence-corrected chi connectivity index (χ2v) is 0. The molecule has 0 heterocycles. The summed E-state index contributed by atoms with van der Waals surface area (Å²) in [5.41, 5.74) is 0. The summed E-state index contributed by atoms with van der Waals surface area (Å²) in [7, 11) is 0. The van der Waals surface area contributed by atoms with E-state index in [1.807, 2.05) is 0 Å². The third kappa shape index (κ3) is 52.5. The minimum Gasteiger partial charge on any atom is -3.00 e. The van der Waals surface area contributed by atoms with Crippen LogP contribution in [0.25, 0.3) is 18.5 Å². The monoisotopic (exact) mass is 365 g/mol. The van der Waals surface area contributed by atoms with Crippen LogP contribution in [0.3, 0.4) is 0 Å². The van der Waals surface area contributed by atoms with Crippen LogP contribution in [0.1, 0.15) is 0 Å². The van der Waals surface area contributed by atoms with E-state index in [1.165, 1.54) is 0 Å². The van der Waals surface area contributed by atoms with Crippen LogP contribution in [0.4, 0.5) is 0 Å². The largest absolute Gasteiger partial charge is 3.00 e. The van der Waals surface area contributed by atoms with Gasteiger partial charge in [0.05, 0.1) is 0 Å². The van der Waals surface area contributed by atoms with E-state index in [0.29, 0.717) is 0 Å². The zero-order valence-electron chi connectivity index (χ0n) is 2.83. The van der Waals surface area contributed by atoms with Gasteiger partial charge >= 0.3 is 91.1 Å². The summed E-state index contributed by atoms with van der Waals surface area (Å²) in [6, 6.07) is 0. The van der Waals surface area contributed by atoms with Crippen LogP contribution in [0.15, 0.2) is 0 Å². The van der Waals surface area contributed by atoms with Crippen molar-refractivity contribution in [3.05, 3.63) is 18.5 Å². The van der Waals surface area contributed by atoms with E-state index in [-0.39, 0.29) is 110 Å². The predicted octanol–water partition coefficient (Wildman–Crippen LogP) is 0.859. The molecule has 4 radical (unpaired) electrons. The summed E-state index contributed by atoms with van der Waals surface area (Å²) in [5, 5.41) is 0. The Kier molecular flexibility index (Phi) is 970. The van der Waals surface area contributed by atoms with Crippen molar-refractivity contribution in [1.82, 2.24) is 0 Å². The van der Waals surface area contributed by atoms with Gasteiger partial charge in [-0.3, -0.25) is 0 Å². The van der Waals surface area contributed by atoms with Gasteiger partial charge in [-0.2, -0.15) is 0 Å². The summed E-state index contributed by atoms with van der Waals surface area (Å²) in [6.07, 6.45) is 0. The van der Waals surface area contributed by atoms with Crippen LogP contribution in [0, 0.1) is 39.9 Å². The first-order valence-corrected chi connectivity index (χ1v) is 0. The summed E-state index contributed by atoms with van der Waals surface area (Å²) in [6.45, 7) is 0. The second kappa shape index (κ2) is 69.2. The molecule has 0 aliphatic heterocycles. The molecule has 0 fully saturated rings. The van der Waals surface area contributed by atoms with Gasteiger partial charge in [0.25, 0.3) is 0 Å². The molecule has 0 aromatic heterocycles. The van der Waals surface area contributed by atoms with E-state index >= 15 is 0 Å². The van der Waals surface area contributed by atoms with E-state index in [1.54, 1.807) is 0 Å². The van der Waals surface area contributed by atoms with Crippen LogP contribution < -0.4 is 0 Å². The maximum atomic E-state index is 0. The fourth-order valence-electron chi connectivity index (χ4n) is 0. The SMILES string of the molecule is [Gd+3].[Mn+2].[Mn+2].[Mn+2].[N-3].[N-3].[N-3]. The van der Waals surface area contributed by atoms with Crippen molar-refractivity contribution in [2.45, 2.75) is 0 Å². The van der Waals surface area contributed by atoms with Crippen molar-refractivity contribution in [2.24, 2.45) is 0 Å². The second-order valence-electron chi connectivity index (χ2n) is 0. The third-order valence-corrected chi connectivity index (χ3v) is 0. The van der Waals surface area contributed by atoms with Gasteiger partial charge in [0.15, 0.2) is 0 Å². The Balaban J connectivity index is 0. The smallest absolute Gasteiger partial charge is 3.00 e. The van der Waals surface area contributed by atoms with Gasteiger partial charge in [-0.1, -0.05) is 0 Å². The molecule has 0 atom stereocenters. The van der Waals surface area contributed by atoms with Crippen molar-refractivity contribution in [1.29, 1.82) is 0 Å². The van der Waals surface area contributed by atoms with Gasteiger partial charge in [0.1, 0.15) is 0 Å². The van der Waals surface area contributed by atoms with Crippen molar-refractivity contribution < 1.29 is 91.1 Å². The molecule has 0 saturated heterocycles. The van der Waals surface area contributed by atoms with Crippen molar-refractivity contribution in [3.63, 3.8) is 0 Å². The number of rotatable bonds is 0. The van der Waals surface area contributed by atoms with Crippen LogP contribution in [-0.4, -0.2) is 0 Å². The van der Waals surface area contributed by atoms with Gasteiger partial charge in [-0.25, -0.2) is 0 Å². The van der Waals surface area contributed by atoms with E-state index in [9.17, 15) is 0 Å². The standard InChI is InChI=1S/Gd.3Mn.3N/q+3;3*+2;3*-3. The Morgan fingerprint density at radius 1 is 0.429 bits per heavy atom. The topological polar surface area (TPSA) is 91.5 Å². The molecule has 0 aliphatic rings. The Hall–Kier alpha value is 2.76. The van der Waals surface area contributed by atoms with Gasteiger partial charge in [-0.15, -0.1) is 0 Å². The molecule has 0 rings (SSSR count). The summed E-state index contributed by atoms with van der Waals surface area (Å²) < 4.78 is 0. The Morgan fingerprint density at radius 2 is 0.429 bits per heavy atom. The van der Waals surface area contributed by atoms with Crippen molar-refractivity contribution >= 4 is 0 Å². The number of nitrogens with zero attached hydrogens (tertiary/aromatic N) is 3. The molecule has 0 unspecified atom stereocenters. The minimum absolute atomic E-state index is 0. The van der Waals surface area contributed by atoms with Crippen LogP contribution in [0.2, 0.25) is 0 Å². The zero-order chi connectivity index (χ0) is 0. The Bertz CT molecular complexity index is 10.1. The van der Waals surface area contributed by atoms with E-state index in [0.717, 1.165) is 0 Å². The normalized spacial score (nSPS) is 0. The van der Waals surface area contributed by atoms with Gasteiger partial charge in [0.2, 0.25) is 0 Å². The molecule has 0 aliphatic carbocycles. The van der Waals surface area contributed by atoms with Crippen LogP contribution >= 0.6 is 0 Å². The molecule has 7 heavy (non-hydrogen) atoms. The van der Waals surface area contributed by atoms with Gasteiger partial charge in [0, 0.05) is 0 Å². The zero-order valence-corrected chi connectivity index (χ0v) is 8.64. The molecule has 0 aromatic rings. The van der Waals surface area contributed by atoms with Crippen LogP contribution in [-0.2, 0) is 51.2 Å². The molecule has 0 saturated carbocycles. The molecule has 0 amide bonds. The first kappa shape index (κ1) is 98.2. The minimum atomic E-state index is 0. The molecule has 7 heteroatoms. The average Bonchev–Trinajstić information content (AvgIpc) is 0. The van der Waals surface area contributed by atoms with Crippen molar-refractivity contribution in [2.75, 3.05) is 0 Å². The fourth-order valence-corrected chi connectivity index (χ4v) is 0. The summed E-state index contributed by atoms with van der Waals surface area (Å²) in [5.74, 6) is 0. The van der Waals surface area contributed by atoms with Crippen molar-refractivity contribution in [3.8, 4) is 0 Å². The predicted molar refractivity (Wildman–Crippen MR) is 10.1 cm³/mol. The average molecular weight is 364 g/mol. The van der Waals surface area contributed by atoms with Gasteiger partial charge in [-0.05, 0) is 0 Å². The van der Waals surface area contributed by atoms with E-state index in [4.69, 9.17) is 0 Å². The molecule has 0 spiro atoms. The summed E-state index contributed by atoms with van der Waals surface area (Å²) in [4.78, 5) is 0. The quantitative estimate of drug-likeness (QED) is 0.571. The molecule has 44 valence electrons. The van der Waals surface area contributed by atoms with E-state index in [2.05, 4.69) is 0 Å². The molecule has 0 bridgehead atoms. The Labute approximate surface area is 108 Å². The molecule has 0 aromatic carbocycles. The molecule has 3 nitrogen and oxygen atoms in total. The third-order valence-electron chi connectivity index (χ3n) is 0. The number of hydrogen-bond acceptors (Lipinski definition) is 0. The number of hydrogen-bond donors (Lipinski definition) is 0. The fraction of sp³-hybridized carbons (Fsp3) is 0. The summed E-state index contributed by atoms with van der Waals surface area (Å²) >= 11 is 0. The maximum absolute atomic E-state index is 0. The molecular weight excluding hydrogens is 364 g/mol. The first-order chi connectivity index (χ1) is 0. The van der Waals surface area contributed by atoms with E-state index < -0.39 is 0 Å². The molecular formula is GdMn3N3. The Morgan fingerprint density at radius 3 is 0.429 bits per heavy atom. The van der Waals surface area contributed by atoms with Crippen LogP contribution in [0.5, 0.6) is 0 Å².